The number of nitrogens with zero attached hydrogens (tertiary/aromatic N) is 1. The SMILES string of the molecule is CC(C)NCCN(C)Cc1cc2ccccc2o1. The van der Waals surface area contributed by atoms with Gasteiger partial charge in [0.1, 0.15) is 11.3 Å². The van der Waals surface area contributed by atoms with Gasteiger partial charge < -0.3 is 9.73 Å². The number of para-hydroxylation sites is 1. The quantitative estimate of drug-likeness (QED) is 0.849. The molecule has 0 radical (unpaired) electrons. The Labute approximate surface area is 109 Å². The smallest absolute Gasteiger partial charge is 0.134 e. The zero-order valence-corrected chi connectivity index (χ0v) is 11.4. The molecule has 0 saturated carbocycles. The molecule has 0 aliphatic carbocycles. The summed E-state index contributed by atoms with van der Waals surface area (Å²) in [6.07, 6.45) is 0. The van der Waals surface area contributed by atoms with Crippen molar-refractivity contribution in [3.05, 3.63) is 36.1 Å². The molecule has 1 heterocycles. The predicted molar refractivity (Wildman–Crippen MR) is 75.7 cm³/mol. The number of nitrogens with one attached hydrogen (secondary N) is 1. The van der Waals surface area contributed by atoms with Crippen LogP contribution in [0.5, 0.6) is 0 Å². The van der Waals surface area contributed by atoms with Crippen LogP contribution in [0.1, 0.15) is 19.6 Å². The van der Waals surface area contributed by atoms with E-state index in [2.05, 4.69) is 43.2 Å². The monoisotopic (exact) mass is 246 g/mol. The first-order valence-corrected chi connectivity index (χ1v) is 6.54. The van der Waals surface area contributed by atoms with Gasteiger partial charge in [-0.25, -0.2) is 0 Å². The second-order valence-electron chi connectivity index (χ2n) is 5.10. The van der Waals surface area contributed by atoms with Gasteiger partial charge in [0.2, 0.25) is 0 Å². The molecule has 0 bridgehead atoms. The summed E-state index contributed by atoms with van der Waals surface area (Å²) in [6, 6.07) is 10.8. The molecule has 1 N–H and O–H groups in total. The lowest BCUT2D eigenvalue weighted by Gasteiger charge is -2.16. The van der Waals surface area contributed by atoms with Gasteiger partial charge in [-0.3, -0.25) is 4.90 Å². The minimum Gasteiger partial charge on any atom is -0.460 e. The van der Waals surface area contributed by atoms with Crippen molar-refractivity contribution >= 4 is 11.0 Å². The third-order valence-electron chi connectivity index (χ3n) is 2.95. The van der Waals surface area contributed by atoms with E-state index in [0.29, 0.717) is 6.04 Å². The second-order valence-corrected chi connectivity index (χ2v) is 5.10. The van der Waals surface area contributed by atoms with E-state index in [1.54, 1.807) is 0 Å². The van der Waals surface area contributed by atoms with E-state index >= 15 is 0 Å². The summed E-state index contributed by atoms with van der Waals surface area (Å²) in [6.45, 7) is 7.22. The molecule has 0 aliphatic heterocycles. The maximum atomic E-state index is 5.80. The maximum absolute atomic E-state index is 5.80. The third kappa shape index (κ3) is 3.59. The second kappa shape index (κ2) is 6.03. The number of likely N-dealkylation sites (N-methyl/N-ethyl adjacent to an activating group) is 1. The number of hydrogen-bond acceptors (Lipinski definition) is 3. The standard InChI is InChI=1S/C15H22N2O/c1-12(2)16-8-9-17(3)11-14-10-13-6-4-5-7-15(13)18-14/h4-7,10,12,16H,8-9,11H2,1-3H3. The fourth-order valence-electron chi connectivity index (χ4n) is 2.00. The first kappa shape index (κ1) is 13.1. The van der Waals surface area contributed by atoms with Crippen LogP contribution >= 0.6 is 0 Å². The summed E-state index contributed by atoms with van der Waals surface area (Å²) in [5, 5.41) is 4.60. The first-order chi connectivity index (χ1) is 8.65. The highest BCUT2D eigenvalue weighted by atomic mass is 16.3. The zero-order chi connectivity index (χ0) is 13.0. The van der Waals surface area contributed by atoms with E-state index in [9.17, 15) is 0 Å². The summed E-state index contributed by atoms with van der Waals surface area (Å²) < 4.78 is 5.80. The largest absolute Gasteiger partial charge is 0.460 e. The topological polar surface area (TPSA) is 28.4 Å². The van der Waals surface area contributed by atoms with Crippen molar-refractivity contribution in [1.82, 2.24) is 10.2 Å². The Morgan fingerprint density at radius 3 is 2.78 bits per heavy atom. The number of hydrogen-bond donors (Lipinski definition) is 1. The lowest BCUT2D eigenvalue weighted by molar-refractivity contribution is 0.295. The van der Waals surface area contributed by atoms with E-state index in [1.807, 2.05) is 18.2 Å². The van der Waals surface area contributed by atoms with Gasteiger partial charge in [0.05, 0.1) is 6.54 Å². The van der Waals surface area contributed by atoms with E-state index in [1.165, 1.54) is 5.39 Å². The zero-order valence-electron chi connectivity index (χ0n) is 11.4. The van der Waals surface area contributed by atoms with Crippen LogP contribution in [-0.4, -0.2) is 31.1 Å². The predicted octanol–water partition coefficient (Wildman–Crippen LogP) is 2.86. The minimum atomic E-state index is 0.546. The van der Waals surface area contributed by atoms with Gasteiger partial charge in [0, 0.05) is 24.5 Å². The van der Waals surface area contributed by atoms with Gasteiger partial charge in [0.15, 0.2) is 0 Å². The lowest BCUT2D eigenvalue weighted by atomic mass is 10.2. The molecule has 0 fully saturated rings. The molecular formula is C15H22N2O. The normalized spacial score (nSPS) is 11.8. The van der Waals surface area contributed by atoms with E-state index in [4.69, 9.17) is 4.42 Å². The van der Waals surface area contributed by atoms with Gasteiger partial charge >= 0.3 is 0 Å². The minimum absolute atomic E-state index is 0.546. The van der Waals surface area contributed by atoms with Gasteiger partial charge in [0.25, 0.3) is 0 Å². The van der Waals surface area contributed by atoms with Crippen LogP contribution in [0, 0.1) is 0 Å². The highest BCUT2D eigenvalue weighted by Gasteiger charge is 2.06. The van der Waals surface area contributed by atoms with Gasteiger partial charge in [-0.05, 0) is 19.2 Å². The van der Waals surface area contributed by atoms with Crippen molar-refractivity contribution in [3.63, 3.8) is 0 Å². The Hall–Kier alpha value is -1.32. The molecule has 98 valence electrons. The van der Waals surface area contributed by atoms with E-state index in [0.717, 1.165) is 31.0 Å². The van der Waals surface area contributed by atoms with Gasteiger partial charge in [-0.2, -0.15) is 0 Å². The molecule has 3 heteroatoms. The maximum Gasteiger partial charge on any atom is 0.134 e. The molecule has 0 atom stereocenters. The lowest BCUT2D eigenvalue weighted by Crippen LogP contribution is -2.32. The highest BCUT2D eigenvalue weighted by molar-refractivity contribution is 5.77. The highest BCUT2D eigenvalue weighted by Crippen LogP contribution is 2.19. The van der Waals surface area contributed by atoms with Gasteiger partial charge in [-0.1, -0.05) is 32.0 Å². The molecule has 1 aromatic heterocycles. The van der Waals surface area contributed by atoms with Crippen molar-refractivity contribution in [2.75, 3.05) is 20.1 Å². The molecule has 0 amide bonds. The molecule has 3 nitrogen and oxygen atoms in total. The Morgan fingerprint density at radius 2 is 2.06 bits per heavy atom. The average molecular weight is 246 g/mol. The Morgan fingerprint density at radius 1 is 1.28 bits per heavy atom. The van der Waals surface area contributed by atoms with Crippen molar-refractivity contribution < 1.29 is 4.42 Å². The molecule has 0 aliphatic rings. The van der Waals surface area contributed by atoms with Gasteiger partial charge in [-0.15, -0.1) is 0 Å². The number of benzene rings is 1. The molecule has 2 rings (SSSR count). The number of fused-ring (bicyclic) bond motifs is 1. The Kier molecular flexibility index (Phi) is 4.39. The summed E-state index contributed by atoms with van der Waals surface area (Å²) in [4.78, 5) is 2.27. The fourth-order valence-corrected chi connectivity index (χ4v) is 2.00. The van der Waals surface area contributed by atoms with Crippen molar-refractivity contribution in [1.29, 1.82) is 0 Å². The van der Waals surface area contributed by atoms with Crippen LogP contribution in [0.25, 0.3) is 11.0 Å². The third-order valence-corrected chi connectivity index (χ3v) is 2.95. The van der Waals surface area contributed by atoms with E-state index in [-0.39, 0.29) is 0 Å². The van der Waals surface area contributed by atoms with Crippen LogP contribution in [0.15, 0.2) is 34.7 Å². The Bertz CT molecular complexity index is 457. The molecule has 2 aromatic rings. The average Bonchev–Trinajstić information content (AvgIpc) is 2.70. The molecule has 0 spiro atoms. The van der Waals surface area contributed by atoms with Crippen LogP contribution in [-0.2, 0) is 6.54 Å². The van der Waals surface area contributed by atoms with Crippen molar-refractivity contribution in [3.8, 4) is 0 Å². The van der Waals surface area contributed by atoms with Crippen LogP contribution < -0.4 is 5.32 Å². The summed E-state index contributed by atoms with van der Waals surface area (Å²) in [5.74, 6) is 1.03. The summed E-state index contributed by atoms with van der Waals surface area (Å²) in [5.41, 5.74) is 0.973. The van der Waals surface area contributed by atoms with Crippen LogP contribution in [0.4, 0.5) is 0 Å². The molecule has 0 saturated heterocycles. The van der Waals surface area contributed by atoms with Crippen molar-refractivity contribution in [2.45, 2.75) is 26.4 Å². The summed E-state index contributed by atoms with van der Waals surface area (Å²) in [7, 11) is 2.12. The molecular weight excluding hydrogens is 224 g/mol. The van der Waals surface area contributed by atoms with Crippen LogP contribution in [0.3, 0.4) is 0 Å². The Balaban J connectivity index is 1.88. The number of furan rings is 1. The molecule has 0 unspecified atom stereocenters. The molecule has 1 aromatic carbocycles. The number of rotatable bonds is 6. The van der Waals surface area contributed by atoms with Crippen LogP contribution in [0.2, 0.25) is 0 Å². The van der Waals surface area contributed by atoms with Crippen molar-refractivity contribution in [2.24, 2.45) is 0 Å². The fraction of sp³-hybridized carbons (Fsp3) is 0.467. The first-order valence-electron chi connectivity index (χ1n) is 6.54. The molecule has 18 heavy (non-hydrogen) atoms. The summed E-state index contributed by atoms with van der Waals surface area (Å²) >= 11 is 0. The van der Waals surface area contributed by atoms with E-state index < -0.39 is 0 Å².